The minimum Gasteiger partial charge on any atom is -0.487 e. The van der Waals surface area contributed by atoms with Crippen molar-refractivity contribution in [3.05, 3.63) is 95.6 Å². The summed E-state index contributed by atoms with van der Waals surface area (Å²) >= 11 is 0. The molecule has 0 aliphatic heterocycles. The van der Waals surface area contributed by atoms with E-state index in [0.29, 0.717) is 37.9 Å². The SMILES string of the molecule is Cc1ccc(OCCOCCOCCC(Cc2ccccc2)S(=O)(=O)O)c(OCCOCCOCCC(Cc2ccccc2)S(=O)(=O)O)c1. The summed E-state index contributed by atoms with van der Waals surface area (Å²) in [7, 11) is -8.40. The van der Waals surface area contributed by atoms with E-state index in [4.69, 9.17) is 28.4 Å². The van der Waals surface area contributed by atoms with E-state index in [1.807, 2.05) is 85.8 Å². The maximum Gasteiger partial charge on any atom is 0.268 e. The molecule has 0 bridgehead atoms. The van der Waals surface area contributed by atoms with Crippen LogP contribution in [0.15, 0.2) is 78.9 Å². The summed E-state index contributed by atoms with van der Waals surface area (Å²) in [4.78, 5) is 0. The Balaban J connectivity index is 1.24. The third kappa shape index (κ3) is 16.9. The lowest BCUT2D eigenvalue weighted by Crippen LogP contribution is -2.25. The van der Waals surface area contributed by atoms with Crippen LogP contribution in [-0.4, -0.2) is 103 Å². The molecule has 2 unspecified atom stereocenters. The Morgan fingerprint density at radius 3 is 1.33 bits per heavy atom. The molecule has 0 spiro atoms. The van der Waals surface area contributed by atoms with Crippen molar-refractivity contribution in [3.8, 4) is 11.5 Å². The molecule has 0 aromatic heterocycles. The Bertz CT molecular complexity index is 1550. The molecule has 0 amide bonds. The Labute approximate surface area is 290 Å². The molecule has 0 aliphatic rings. The molecule has 0 radical (unpaired) electrons. The summed E-state index contributed by atoms with van der Waals surface area (Å²) in [5.74, 6) is 1.13. The van der Waals surface area contributed by atoms with Gasteiger partial charge in [-0.05, 0) is 61.4 Å². The first kappa shape index (κ1) is 40.4. The maximum atomic E-state index is 11.8. The second kappa shape index (κ2) is 21.9. The van der Waals surface area contributed by atoms with Crippen LogP contribution in [0.3, 0.4) is 0 Å². The summed E-state index contributed by atoms with van der Waals surface area (Å²) in [5, 5.41) is -1.88. The van der Waals surface area contributed by atoms with Crippen molar-refractivity contribution in [2.24, 2.45) is 0 Å². The summed E-state index contributed by atoms with van der Waals surface area (Å²) in [5.41, 5.74) is 2.65. The first-order chi connectivity index (χ1) is 23.5. The predicted octanol–water partition coefficient (Wildman–Crippen LogP) is 4.60. The molecule has 0 saturated heterocycles. The largest absolute Gasteiger partial charge is 0.487 e. The molecule has 2 atom stereocenters. The normalized spacial score (nSPS) is 13.2. The highest BCUT2D eigenvalue weighted by molar-refractivity contribution is 7.86. The van der Waals surface area contributed by atoms with Crippen molar-refractivity contribution in [2.75, 3.05) is 66.1 Å². The van der Waals surface area contributed by atoms with E-state index < -0.39 is 30.7 Å². The molecule has 14 heteroatoms. The topological polar surface area (TPSA) is 164 Å². The molecule has 0 saturated carbocycles. The lowest BCUT2D eigenvalue weighted by Gasteiger charge is -2.15. The Morgan fingerprint density at radius 2 is 0.898 bits per heavy atom. The van der Waals surface area contributed by atoms with Gasteiger partial charge in [0.1, 0.15) is 13.2 Å². The highest BCUT2D eigenvalue weighted by Crippen LogP contribution is 2.28. The zero-order chi connectivity index (χ0) is 35.4. The predicted molar refractivity (Wildman–Crippen MR) is 186 cm³/mol. The minimum atomic E-state index is -4.20. The van der Waals surface area contributed by atoms with Gasteiger partial charge in [-0.25, -0.2) is 0 Å². The third-order valence-corrected chi connectivity index (χ3v) is 9.93. The third-order valence-electron chi connectivity index (χ3n) is 7.44. The number of aryl methyl sites for hydroxylation is 1. The minimum absolute atomic E-state index is 0.168. The van der Waals surface area contributed by atoms with Gasteiger partial charge in [0, 0.05) is 13.2 Å². The van der Waals surface area contributed by atoms with E-state index >= 15 is 0 Å². The van der Waals surface area contributed by atoms with Crippen LogP contribution in [0.25, 0.3) is 0 Å². The van der Waals surface area contributed by atoms with Crippen molar-refractivity contribution >= 4 is 20.2 Å². The first-order valence-corrected chi connectivity index (χ1v) is 19.2. The Kier molecular flexibility index (Phi) is 18.0. The molecular weight excluding hydrogens is 677 g/mol. The van der Waals surface area contributed by atoms with Gasteiger partial charge in [-0.15, -0.1) is 0 Å². The van der Waals surface area contributed by atoms with Crippen LogP contribution < -0.4 is 9.47 Å². The molecular formula is C35H48O12S2. The zero-order valence-corrected chi connectivity index (χ0v) is 29.5. The number of benzene rings is 3. The molecule has 0 heterocycles. The van der Waals surface area contributed by atoms with Gasteiger partial charge < -0.3 is 28.4 Å². The molecule has 3 rings (SSSR count). The standard InChI is InChI=1S/C35H48O12S2/c1-29-12-13-34(46-24-22-44-20-18-42-16-14-32(48(36,37)38)27-30-8-4-2-5-9-30)35(26-29)47-25-23-45-21-19-43-17-15-33(49(39,40)41)28-31-10-6-3-7-11-31/h2-13,26,32-33H,14-25,27-28H2,1H3,(H,36,37,38)(H,39,40,41). The molecule has 272 valence electrons. The van der Waals surface area contributed by atoms with Crippen LogP contribution >= 0.6 is 0 Å². The number of hydrogen-bond donors (Lipinski definition) is 2. The number of ether oxygens (including phenoxy) is 6. The van der Waals surface area contributed by atoms with Crippen LogP contribution in [0.2, 0.25) is 0 Å². The molecule has 12 nitrogen and oxygen atoms in total. The van der Waals surface area contributed by atoms with E-state index in [2.05, 4.69) is 0 Å². The van der Waals surface area contributed by atoms with Crippen molar-refractivity contribution in [1.29, 1.82) is 0 Å². The average Bonchev–Trinajstić information content (AvgIpc) is 3.06. The highest BCUT2D eigenvalue weighted by atomic mass is 32.2. The van der Waals surface area contributed by atoms with E-state index in [1.165, 1.54) is 0 Å². The lowest BCUT2D eigenvalue weighted by atomic mass is 10.1. The van der Waals surface area contributed by atoms with Gasteiger partial charge in [0.05, 0.1) is 50.1 Å². The Morgan fingerprint density at radius 1 is 0.510 bits per heavy atom. The van der Waals surface area contributed by atoms with Gasteiger partial charge in [0.25, 0.3) is 20.2 Å². The van der Waals surface area contributed by atoms with Gasteiger partial charge in [-0.2, -0.15) is 16.8 Å². The van der Waals surface area contributed by atoms with Gasteiger partial charge in [-0.3, -0.25) is 9.11 Å². The van der Waals surface area contributed by atoms with Crippen molar-refractivity contribution < 1.29 is 54.4 Å². The summed E-state index contributed by atoms with van der Waals surface area (Å²) in [6.45, 7) is 4.58. The average molecular weight is 725 g/mol. The molecule has 0 fully saturated rings. The van der Waals surface area contributed by atoms with Gasteiger partial charge in [0.15, 0.2) is 11.5 Å². The fraction of sp³-hybridized carbons (Fsp3) is 0.486. The Hall–Kier alpha value is -3.08. The monoisotopic (exact) mass is 724 g/mol. The van der Waals surface area contributed by atoms with Crippen LogP contribution in [0, 0.1) is 6.92 Å². The van der Waals surface area contributed by atoms with E-state index in [9.17, 15) is 25.9 Å². The molecule has 3 aromatic carbocycles. The van der Waals surface area contributed by atoms with Crippen molar-refractivity contribution in [3.63, 3.8) is 0 Å². The second-order valence-corrected chi connectivity index (χ2v) is 14.7. The van der Waals surface area contributed by atoms with Gasteiger partial charge in [-0.1, -0.05) is 66.7 Å². The highest BCUT2D eigenvalue weighted by Gasteiger charge is 2.24. The molecule has 0 aliphatic carbocycles. The molecule has 3 aromatic rings. The van der Waals surface area contributed by atoms with E-state index in [0.717, 1.165) is 16.7 Å². The summed E-state index contributed by atoms with van der Waals surface area (Å²) in [6.07, 6.45) is 0.761. The fourth-order valence-corrected chi connectivity index (χ4v) is 6.40. The van der Waals surface area contributed by atoms with Crippen LogP contribution in [0.1, 0.15) is 29.5 Å². The van der Waals surface area contributed by atoms with Gasteiger partial charge in [0.2, 0.25) is 0 Å². The number of rotatable bonds is 26. The number of hydrogen-bond acceptors (Lipinski definition) is 10. The van der Waals surface area contributed by atoms with Crippen LogP contribution in [0.4, 0.5) is 0 Å². The smallest absolute Gasteiger partial charge is 0.268 e. The zero-order valence-electron chi connectivity index (χ0n) is 27.9. The van der Waals surface area contributed by atoms with E-state index in [1.54, 1.807) is 0 Å². The summed E-state index contributed by atoms with van der Waals surface area (Å²) in [6, 6.07) is 23.9. The van der Waals surface area contributed by atoms with Gasteiger partial charge >= 0.3 is 0 Å². The second-order valence-electron chi connectivity index (χ2n) is 11.3. The van der Waals surface area contributed by atoms with Crippen LogP contribution in [-0.2, 0) is 52.0 Å². The lowest BCUT2D eigenvalue weighted by molar-refractivity contribution is 0.0322. The molecule has 2 N–H and O–H groups in total. The van der Waals surface area contributed by atoms with E-state index in [-0.39, 0.29) is 65.3 Å². The molecule has 49 heavy (non-hydrogen) atoms. The van der Waals surface area contributed by atoms with Crippen molar-refractivity contribution in [2.45, 2.75) is 43.1 Å². The van der Waals surface area contributed by atoms with Crippen LogP contribution in [0.5, 0.6) is 11.5 Å². The quantitative estimate of drug-likeness (QED) is 0.0875. The maximum absolute atomic E-state index is 11.8. The summed E-state index contributed by atoms with van der Waals surface area (Å²) < 4.78 is 100. The fourth-order valence-electron chi connectivity index (χ4n) is 4.81. The van der Waals surface area contributed by atoms with Crippen molar-refractivity contribution in [1.82, 2.24) is 0 Å². The first-order valence-electron chi connectivity index (χ1n) is 16.2.